The van der Waals surface area contributed by atoms with Crippen molar-refractivity contribution in [2.24, 2.45) is 5.92 Å². The van der Waals surface area contributed by atoms with Crippen molar-refractivity contribution >= 4 is 22.6 Å². The maximum Gasteiger partial charge on any atom is 0.264 e. The molecule has 1 saturated carbocycles. The summed E-state index contributed by atoms with van der Waals surface area (Å²) < 4.78 is 0.734. The summed E-state index contributed by atoms with van der Waals surface area (Å²) in [7, 11) is 0. The molecule has 0 aliphatic heterocycles. The minimum Gasteiger partial charge on any atom is -0.309 e. The second-order valence-electron chi connectivity index (χ2n) is 6.82. The predicted octanol–water partition coefficient (Wildman–Crippen LogP) is 3.97. The van der Waals surface area contributed by atoms with Crippen LogP contribution in [0.1, 0.15) is 70.8 Å². The fourth-order valence-electron chi connectivity index (χ4n) is 2.70. The van der Waals surface area contributed by atoms with Crippen LogP contribution in [0.25, 0.3) is 0 Å². The van der Waals surface area contributed by atoms with E-state index in [1.807, 2.05) is 0 Å². The molecule has 1 heterocycles. The second kappa shape index (κ2) is 5.54. The van der Waals surface area contributed by atoms with Gasteiger partial charge in [-0.2, -0.15) is 0 Å². The van der Waals surface area contributed by atoms with Crippen molar-refractivity contribution in [2.45, 2.75) is 64.7 Å². The Bertz CT molecular complexity index is 508. The maximum atomic E-state index is 12.1. The number of nitrogens with one attached hydrogen (secondary N) is 1. The molecule has 0 saturated heterocycles. The lowest BCUT2D eigenvalue weighted by atomic mass is 9.82. The third kappa shape index (κ3) is 3.38. The van der Waals surface area contributed by atoms with Crippen molar-refractivity contribution in [1.29, 1.82) is 0 Å². The zero-order valence-electron chi connectivity index (χ0n) is 12.2. The molecule has 1 N–H and O–H groups in total. The van der Waals surface area contributed by atoms with E-state index < -0.39 is 0 Å². The van der Waals surface area contributed by atoms with Crippen molar-refractivity contribution in [3.05, 3.63) is 25.4 Å². The number of aromatic amines is 1. The van der Waals surface area contributed by atoms with Crippen LogP contribution in [0.5, 0.6) is 0 Å². The van der Waals surface area contributed by atoms with Crippen LogP contribution in [0.15, 0.2) is 4.79 Å². The SMILES string of the molecule is CC1CCC(c2nc(C(C)(C)C)c(I)c(=O)[nH]2)CC1. The van der Waals surface area contributed by atoms with E-state index in [-0.39, 0.29) is 11.0 Å². The second-order valence-corrected chi connectivity index (χ2v) is 7.90. The van der Waals surface area contributed by atoms with Crippen molar-refractivity contribution in [2.75, 3.05) is 0 Å². The molecule has 0 amide bonds. The van der Waals surface area contributed by atoms with Gasteiger partial charge in [0.15, 0.2) is 0 Å². The van der Waals surface area contributed by atoms with Gasteiger partial charge < -0.3 is 4.98 Å². The van der Waals surface area contributed by atoms with E-state index >= 15 is 0 Å². The molecule has 1 fully saturated rings. The number of rotatable bonds is 1. The lowest BCUT2D eigenvalue weighted by molar-refractivity contribution is 0.337. The average molecular weight is 374 g/mol. The molecule has 19 heavy (non-hydrogen) atoms. The molecule has 2 rings (SSSR count). The first-order valence-corrected chi connectivity index (χ1v) is 8.17. The van der Waals surface area contributed by atoms with Gasteiger partial charge in [-0.3, -0.25) is 4.79 Å². The molecule has 0 spiro atoms. The van der Waals surface area contributed by atoms with Gasteiger partial charge in [0.05, 0.1) is 5.69 Å². The van der Waals surface area contributed by atoms with Crippen LogP contribution >= 0.6 is 22.6 Å². The van der Waals surface area contributed by atoms with Gasteiger partial charge in [-0.25, -0.2) is 4.98 Å². The summed E-state index contributed by atoms with van der Waals surface area (Å²) in [5, 5.41) is 0. The smallest absolute Gasteiger partial charge is 0.264 e. The van der Waals surface area contributed by atoms with Crippen LogP contribution in [0, 0.1) is 9.49 Å². The first kappa shape index (κ1) is 15.0. The number of halogens is 1. The van der Waals surface area contributed by atoms with Crippen molar-refractivity contribution in [3.63, 3.8) is 0 Å². The topological polar surface area (TPSA) is 45.8 Å². The van der Waals surface area contributed by atoms with E-state index in [2.05, 4.69) is 55.3 Å². The zero-order chi connectivity index (χ0) is 14.2. The Morgan fingerprint density at radius 2 is 1.79 bits per heavy atom. The summed E-state index contributed by atoms with van der Waals surface area (Å²) >= 11 is 2.11. The Kier molecular flexibility index (Phi) is 4.38. The Balaban J connectivity index is 2.37. The third-order valence-corrected chi connectivity index (χ3v) is 4.99. The standard InChI is InChI=1S/C15H23IN2O/c1-9-5-7-10(8-6-9)13-17-12(15(2,3)4)11(16)14(19)18-13/h9-10H,5-8H2,1-4H3,(H,17,18,19). The van der Waals surface area contributed by atoms with Gasteiger partial charge in [-0.1, -0.05) is 40.5 Å². The molecule has 4 heteroatoms. The Morgan fingerprint density at radius 1 is 1.21 bits per heavy atom. The molecule has 1 aliphatic rings. The molecule has 106 valence electrons. The van der Waals surface area contributed by atoms with Gasteiger partial charge in [-0.05, 0) is 41.4 Å². The summed E-state index contributed by atoms with van der Waals surface area (Å²) in [5.41, 5.74) is 0.876. The summed E-state index contributed by atoms with van der Waals surface area (Å²) in [6, 6.07) is 0. The third-order valence-electron chi connectivity index (χ3n) is 3.99. The van der Waals surface area contributed by atoms with Crippen LogP contribution in [0.3, 0.4) is 0 Å². The molecule has 3 nitrogen and oxygen atoms in total. The Labute approximate surface area is 128 Å². The normalized spacial score (nSPS) is 24.5. The van der Waals surface area contributed by atoms with Crippen molar-refractivity contribution in [3.8, 4) is 0 Å². The largest absolute Gasteiger partial charge is 0.309 e. The first-order valence-electron chi connectivity index (χ1n) is 7.09. The van der Waals surface area contributed by atoms with E-state index in [9.17, 15) is 4.79 Å². The van der Waals surface area contributed by atoms with E-state index in [4.69, 9.17) is 4.98 Å². The Morgan fingerprint density at radius 3 is 2.32 bits per heavy atom. The molecule has 0 unspecified atom stereocenters. The highest BCUT2D eigenvalue weighted by Gasteiger charge is 2.26. The van der Waals surface area contributed by atoms with Gasteiger partial charge in [0.1, 0.15) is 9.39 Å². The van der Waals surface area contributed by atoms with E-state index in [0.717, 1.165) is 33.8 Å². The van der Waals surface area contributed by atoms with E-state index in [0.29, 0.717) is 5.92 Å². The highest BCUT2D eigenvalue weighted by molar-refractivity contribution is 14.1. The monoisotopic (exact) mass is 374 g/mol. The molecule has 0 bridgehead atoms. The van der Waals surface area contributed by atoms with Crippen LogP contribution < -0.4 is 5.56 Å². The number of nitrogens with zero attached hydrogens (tertiary/aromatic N) is 1. The van der Waals surface area contributed by atoms with Gasteiger partial charge >= 0.3 is 0 Å². The fourth-order valence-corrected chi connectivity index (χ4v) is 3.76. The molecule has 0 radical (unpaired) electrons. The number of H-pyrrole nitrogens is 1. The van der Waals surface area contributed by atoms with E-state index in [1.54, 1.807) is 0 Å². The molecular weight excluding hydrogens is 351 g/mol. The molecule has 1 aromatic rings. The van der Waals surface area contributed by atoms with Crippen molar-refractivity contribution in [1.82, 2.24) is 9.97 Å². The van der Waals surface area contributed by atoms with Gasteiger partial charge in [0, 0.05) is 11.3 Å². The summed E-state index contributed by atoms with van der Waals surface area (Å²) in [6.07, 6.45) is 4.78. The van der Waals surface area contributed by atoms with Crippen LogP contribution in [0.2, 0.25) is 0 Å². The van der Waals surface area contributed by atoms with Crippen molar-refractivity contribution < 1.29 is 0 Å². The first-order chi connectivity index (χ1) is 8.79. The quantitative estimate of drug-likeness (QED) is 0.757. The van der Waals surface area contributed by atoms with Gasteiger partial charge in [0.2, 0.25) is 0 Å². The number of hydrogen-bond acceptors (Lipinski definition) is 2. The lowest BCUT2D eigenvalue weighted by Crippen LogP contribution is -2.27. The van der Waals surface area contributed by atoms with Crippen LogP contribution in [0.4, 0.5) is 0 Å². The van der Waals surface area contributed by atoms with Crippen LogP contribution in [-0.2, 0) is 5.41 Å². The maximum absolute atomic E-state index is 12.1. The summed E-state index contributed by atoms with van der Waals surface area (Å²) in [5.74, 6) is 2.15. The highest BCUT2D eigenvalue weighted by Crippen LogP contribution is 2.34. The van der Waals surface area contributed by atoms with E-state index in [1.165, 1.54) is 12.8 Å². The zero-order valence-corrected chi connectivity index (χ0v) is 14.4. The number of hydrogen-bond donors (Lipinski definition) is 1. The molecule has 0 atom stereocenters. The summed E-state index contributed by atoms with van der Waals surface area (Å²) in [6.45, 7) is 8.65. The van der Waals surface area contributed by atoms with Gasteiger partial charge in [0.25, 0.3) is 5.56 Å². The minimum atomic E-state index is -0.0819. The van der Waals surface area contributed by atoms with Gasteiger partial charge in [-0.15, -0.1) is 0 Å². The molecular formula is C15H23IN2O. The van der Waals surface area contributed by atoms with Crippen LogP contribution in [-0.4, -0.2) is 9.97 Å². The molecule has 0 aromatic carbocycles. The fraction of sp³-hybridized carbons (Fsp3) is 0.733. The molecule has 1 aromatic heterocycles. The highest BCUT2D eigenvalue weighted by atomic mass is 127. The lowest BCUT2D eigenvalue weighted by Gasteiger charge is -2.27. The predicted molar refractivity (Wildman–Crippen MR) is 86.6 cm³/mol. The summed E-state index contributed by atoms with van der Waals surface area (Å²) in [4.78, 5) is 19.9. The number of aromatic nitrogens is 2. The average Bonchev–Trinajstić information content (AvgIpc) is 2.32. The molecule has 1 aliphatic carbocycles. The Hall–Kier alpha value is -0.390. The minimum absolute atomic E-state index is 0.0224.